The zero-order valence-electron chi connectivity index (χ0n) is 16.4. The SMILES string of the molecule is O=C(C[C@H]1C=C[C@@H](NC(=O)c2cccc(F)c2)[C@H](CO)O1)NCCN1CCCC1. The molecular formula is C21H28FN3O4. The van der Waals surface area contributed by atoms with Gasteiger partial charge >= 0.3 is 0 Å². The average Bonchev–Trinajstić information content (AvgIpc) is 3.22. The van der Waals surface area contributed by atoms with Crippen LogP contribution in [0.15, 0.2) is 36.4 Å². The Morgan fingerprint density at radius 2 is 2.03 bits per heavy atom. The number of aliphatic hydroxyl groups is 1. The van der Waals surface area contributed by atoms with Crippen LogP contribution in [0.5, 0.6) is 0 Å². The molecule has 2 heterocycles. The van der Waals surface area contributed by atoms with Crippen LogP contribution in [-0.4, -0.2) is 72.9 Å². The van der Waals surface area contributed by atoms with Crippen LogP contribution in [0, 0.1) is 5.82 Å². The lowest BCUT2D eigenvalue weighted by molar-refractivity contribution is -0.125. The van der Waals surface area contributed by atoms with E-state index in [0.717, 1.165) is 25.7 Å². The van der Waals surface area contributed by atoms with Gasteiger partial charge < -0.3 is 25.4 Å². The van der Waals surface area contributed by atoms with Crippen molar-refractivity contribution < 1.29 is 23.8 Å². The zero-order chi connectivity index (χ0) is 20.6. The summed E-state index contributed by atoms with van der Waals surface area (Å²) in [6, 6.07) is 4.81. The van der Waals surface area contributed by atoms with E-state index in [1.807, 2.05) is 0 Å². The monoisotopic (exact) mass is 405 g/mol. The van der Waals surface area contributed by atoms with Crippen molar-refractivity contribution in [3.63, 3.8) is 0 Å². The Bertz CT molecular complexity index is 736. The molecule has 2 amide bonds. The number of carbonyl (C=O) groups is 2. The van der Waals surface area contributed by atoms with Gasteiger partial charge in [-0.1, -0.05) is 18.2 Å². The van der Waals surface area contributed by atoms with Gasteiger partial charge in [-0.05, 0) is 44.1 Å². The van der Waals surface area contributed by atoms with Crippen molar-refractivity contribution >= 4 is 11.8 Å². The molecule has 1 saturated heterocycles. The second kappa shape index (κ2) is 10.5. The minimum Gasteiger partial charge on any atom is -0.394 e. The summed E-state index contributed by atoms with van der Waals surface area (Å²) in [6.07, 6.45) is 4.85. The van der Waals surface area contributed by atoms with Gasteiger partial charge in [-0.25, -0.2) is 4.39 Å². The van der Waals surface area contributed by atoms with Gasteiger partial charge in [0, 0.05) is 18.7 Å². The second-order valence-electron chi connectivity index (χ2n) is 7.39. The summed E-state index contributed by atoms with van der Waals surface area (Å²) in [5.41, 5.74) is 0.189. The Morgan fingerprint density at radius 3 is 2.76 bits per heavy atom. The predicted octanol–water partition coefficient (Wildman–Crippen LogP) is 0.842. The van der Waals surface area contributed by atoms with Gasteiger partial charge in [0.15, 0.2) is 0 Å². The summed E-state index contributed by atoms with van der Waals surface area (Å²) in [6.45, 7) is 3.31. The highest BCUT2D eigenvalue weighted by molar-refractivity contribution is 5.94. The van der Waals surface area contributed by atoms with Crippen molar-refractivity contribution in [3.05, 3.63) is 47.8 Å². The molecule has 3 N–H and O–H groups in total. The van der Waals surface area contributed by atoms with Crippen LogP contribution >= 0.6 is 0 Å². The third-order valence-electron chi connectivity index (χ3n) is 5.18. The van der Waals surface area contributed by atoms with Crippen LogP contribution in [0.4, 0.5) is 4.39 Å². The summed E-state index contributed by atoms with van der Waals surface area (Å²) in [5, 5.41) is 15.2. The molecule has 158 valence electrons. The smallest absolute Gasteiger partial charge is 0.251 e. The number of nitrogens with zero attached hydrogens (tertiary/aromatic N) is 1. The number of benzene rings is 1. The van der Waals surface area contributed by atoms with Crippen LogP contribution in [0.3, 0.4) is 0 Å². The maximum Gasteiger partial charge on any atom is 0.251 e. The minimum absolute atomic E-state index is 0.113. The lowest BCUT2D eigenvalue weighted by atomic mass is 10.0. The number of ether oxygens (including phenoxy) is 1. The first-order valence-electron chi connectivity index (χ1n) is 10.1. The molecule has 1 aromatic rings. The average molecular weight is 405 g/mol. The molecule has 0 unspecified atom stereocenters. The van der Waals surface area contributed by atoms with E-state index < -0.39 is 30.0 Å². The number of carbonyl (C=O) groups excluding carboxylic acids is 2. The molecule has 2 aliphatic rings. The van der Waals surface area contributed by atoms with Gasteiger partial charge in [0.2, 0.25) is 5.91 Å². The summed E-state index contributed by atoms with van der Waals surface area (Å²) in [5.74, 6) is -1.07. The first-order chi connectivity index (χ1) is 14.0. The Hall–Kier alpha value is -2.29. The van der Waals surface area contributed by atoms with Gasteiger partial charge in [-0.3, -0.25) is 9.59 Å². The molecule has 3 atom stereocenters. The van der Waals surface area contributed by atoms with E-state index in [2.05, 4.69) is 15.5 Å². The van der Waals surface area contributed by atoms with Gasteiger partial charge in [0.05, 0.1) is 25.2 Å². The molecule has 7 nitrogen and oxygen atoms in total. The number of rotatable bonds is 8. The predicted molar refractivity (Wildman–Crippen MR) is 106 cm³/mol. The fourth-order valence-electron chi connectivity index (χ4n) is 3.61. The molecule has 2 aliphatic heterocycles. The Labute approximate surface area is 169 Å². The molecule has 0 saturated carbocycles. The quantitative estimate of drug-likeness (QED) is 0.558. The van der Waals surface area contributed by atoms with E-state index in [1.165, 1.54) is 31.0 Å². The molecule has 0 bridgehead atoms. The lowest BCUT2D eigenvalue weighted by Gasteiger charge is -2.31. The van der Waals surface area contributed by atoms with Crippen LogP contribution in [0.1, 0.15) is 29.6 Å². The Morgan fingerprint density at radius 1 is 1.24 bits per heavy atom. The van der Waals surface area contributed by atoms with Crippen LogP contribution in [0.2, 0.25) is 0 Å². The second-order valence-corrected chi connectivity index (χ2v) is 7.39. The van der Waals surface area contributed by atoms with Crippen molar-refractivity contribution in [1.82, 2.24) is 15.5 Å². The Balaban J connectivity index is 1.47. The Kier molecular flexibility index (Phi) is 7.74. The zero-order valence-corrected chi connectivity index (χ0v) is 16.4. The van der Waals surface area contributed by atoms with Crippen molar-refractivity contribution in [2.24, 2.45) is 0 Å². The summed E-state index contributed by atoms with van der Waals surface area (Å²) in [4.78, 5) is 26.8. The van der Waals surface area contributed by atoms with E-state index in [0.29, 0.717) is 6.54 Å². The van der Waals surface area contributed by atoms with Crippen LogP contribution in [-0.2, 0) is 9.53 Å². The standard InChI is InChI=1S/C21H28FN3O4/c22-16-5-3-4-15(12-16)21(28)24-18-7-6-17(29-19(18)14-26)13-20(27)23-8-11-25-9-1-2-10-25/h3-7,12,17-19,26H,1-2,8-11,13-14H2,(H,23,27)(H,24,28)/t17-,18-,19+/m1/s1. The number of amides is 2. The van der Waals surface area contributed by atoms with E-state index in [-0.39, 0.29) is 24.5 Å². The third kappa shape index (κ3) is 6.35. The molecule has 0 aromatic heterocycles. The summed E-state index contributed by atoms with van der Waals surface area (Å²) >= 11 is 0. The number of likely N-dealkylation sites (tertiary alicyclic amines) is 1. The van der Waals surface area contributed by atoms with Gasteiger partial charge in [0.1, 0.15) is 11.9 Å². The van der Waals surface area contributed by atoms with Crippen molar-refractivity contribution in [2.75, 3.05) is 32.8 Å². The highest BCUT2D eigenvalue weighted by Gasteiger charge is 2.29. The largest absolute Gasteiger partial charge is 0.394 e. The van der Waals surface area contributed by atoms with E-state index in [1.54, 1.807) is 12.2 Å². The fraction of sp³-hybridized carbons (Fsp3) is 0.524. The van der Waals surface area contributed by atoms with Gasteiger partial charge in [-0.2, -0.15) is 0 Å². The number of aliphatic hydroxyl groups excluding tert-OH is 1. The molecule has 3 rings (SSSR count). The lowest BCUT2D eigenvalue weighted by Crippen LogP contribution is -2.49. The fourth-order valence-corrected chi connectivity index (χ4v) is 3.61. The number of nitrogens with one attached hydrogen (secondary N) is 2. The highest BCUT2D eigenvalue weighted by Crippen LogP contribution is 2.16. The summed E-state index contributed by atoms with van der Waals surface area (Å²) in [7, 11) is 0. The third-order valence-corrected chi connectivity index (χ3v) is 5.18. The van der Waals surface area contributed by atoms with Crippen molar-refractivity contribution in [1.29, 1.82) is 0 Å². The van der Waals surface area contributed by atoms with E-state index in [9.17, 15) is 19.1 Å². The maximum atomic E-state index is 13.3. The van der Waals surface area contributed by atoms with E-state index >= 15 is 0 Å². The molecule has 0 aliphatic carbocycles. The topological polar surface area (TPSA) is 90.9 Å². The molecule has 1 fully saturated rings. The van der Waals surface area contributed by atoms with E-state index in [4.69, 9.17) is 4.74 Å². The van der Waals surface area contributed by atoms with Gasteiger partial charge in [-0.15, -0.1) is 0 Å². The first kappa shape index (κ1) is 21.4. The number of hydrogen-bond acceptors (Lipinski definition) is 5. The normalized spacial score (nSPS) is 24.4. The van der Waals surface area contributed by atoms with Crippen LogP contribution < -0.4 is 10.6 Å². The number of halogens is 1. The molecule has 0 spiro atoms. The van der Waals surface area contributed by atoms with Gasteiger partial charge in [0.25, 0.3) is 5.91 Å². The molecule has 8 heteroatoms. The summed E-state index contributed by atoms with van der Waals surface area (Å²) < 4.78 is 19.1. The molecular weight excluding hydrogens is 377 g/mol. The number of hydrogen-bond donors (Lipinski definition) is 3. The van der Waals surface area contributed by atoms with Crippen molar-refractivity contribution in [2.45, 2.75) is 37.5 Å². The first-order valence-corrected chi connectivity index (χ1v) is 10.1. The molecule has 1 aromatic carbocycles. The van der Waals surface area contributed by atoms with Crippen molar-refractivity contribution in [3.8, 4) is 0 Å². The van der Waals surface area contributed by atoms with Crippen LogP contribution in [0.25, 0.3) is 0 Å². The molecule has 29 heavy (non-hydrogen) atoms. The maximum absolute atomic E-state index is 13.3. The highest BCUT2D eigenvalue weighted by atomic mass is 19.1. The molecule has 0 radical (unpaired) electrons. The minimum atomic E-state index is -0.681.